The molecule has 0 bridgehead atoms. The second-order valence-electron chi connectivity index (χ2n) is 2.40. The van der Waals surface area contributed by atoms with Crippen molar-refractivity contribution in [2.45, 2.75) is 12.5 Å². The Hall–Kier alpha value is -1.29. The molecule has 1 atom stereocenters. The fourth-order valence-corrected chi connectivity index (χ4v) is 0.902. The molecule has 0 fully saturated rings. The zero-order chi connectivity index (χ0) is 8.27. The highest BCUT2D eigenvalue weighted by Crippen LogP contribution is 2.09. The van der Waals surface area contributed by atoms with Crippen LogP contribution in [0.5, 0.6) is 0 Å². The lowest BCUT2D eigenvalue weighted by molar-refractivity contribution is -0.118. The number of aromatic nitrogens is 1. The predicted octanol–water partition coefficient (Wildman–Crippen LogP) is -0.110. The molecule has 0 aromatic carbocycles. The van der Waals surface area contributed by atoms with Crippen molar-refractivity contribution < 1.29 is 4.79 Å². The van der Waals surface area contributed by atoms with E-state index in [2.05, 4.69) is 4.98 Å². The van der Waals surface area contributed by atoms with Gasteiger partial charge in [-0.25, -0.2) is 0 Å². The fourth-order valence-electron chi connectivity index (χ4n) is 0.902. The Kier molecular flexibility index (Phi) is 2.28. The molecule has 11 heavy (non-hydrogen) atoms. The minimum atomic E-state index is -0.382. The van der Waals surface area contributed by atoms with Gasteiger partial charge in [-0.2, -0.15) is 0 Å². The number of H-pyrrole nitrogens is 1. The first-order valence-electron chi connectivity index (χ1n) is 3.37. The second kappa shape index (κ2) is 3.21. The van der Waals surface area contributed by atoms with Crippen molar-refractivity contribution in [1.82, 2.24) is 4.98 Å². The molecule has 5 N–H and O–H groups in total. The first kappa shape index (κ1) is 7.81. The number of aromatic amines is 1. The maximum Gasteiger partial charge on any atom is 0.219 e. The number of hydrogen-bond acceptors (Lipinski definition) is 2. The Bertz CT molecular complexity index is 230. The number of carbonyl (C=O) groups excluding carboxylic acids is 1. The second-order valence-corrected chi connectivity index (χ2v) is 2.40. The molecule has 1 amide bonds. The summed E-state index contributed by atoms with van der Waals surface area (Å²) in [5.74, 6) is -0.382. The van der Waals surface area contributed by atoms with Gasteiger partial charge in [-0.3, -0.25) is 4.79 Å². The summed E-state index contributed by atoms with van der Waals surface area (Å²) in [6.07, 6.45) is 1.94. The molecule has 1 aromatic heterocycles. The highest BCUT2D eigenvalue weighted by atomic mass is 16.1. The van der Waals surface area contributed by atoms with E-state index < -0.39 is 0 Å². The summed E-state index contributed by atoms with van der Waals surface area (Å²) in [4.78, 5) is 13.3. The van der Waals surface area contributed by atoms with Crippen molar-refractivity contribution in [3.63, 3.8) is 0 Å². The molecule has 4 heteroatoms. The Morgan fingerprint density at radius 1 is 1.73 bits per heavy atom. The summed E-state index contributed by atoms with van der Waals surface area (Å²) >= 11 is 0. The highest BCUT2D eigenvalue weighted by molar-refractivity contribution is 5.74. The first-order chi connectivity index (χ1) is 5.20. The summed E-state index contributed by atoms with van der Waals surface area (Å²) in [6.45, 7) is 0. The highest BCUT2D eigenvalue weighted by Gasteiger charge is 2.08. The quantitative estimate of drug-likeness (QED) is 0.566. The number of hydrogen-bond donors (Lipinski definition) is 3. The molecule has 4 nitrogen and oxygen atoms in total. The number of primary amides is 1. The summed E-state index contributed by atoms with van der Waals surface area (Å²) in [6, 6.07) is 3.35. The molecule has 0 spiro atoms. The zero-order valence-electron chi connectivity index (χ0n) is 6.08. The average molecular weight is 153 g/mol. The molecule has 0 radical (unpaired) electrons. The Morgan fingerprint density at radius 2 is 2.45 bits per heavy atom. The third-order valence-corrected chi connectivity index (χ3v) is 1.44. The summed E-state index contributed by atoms with van der Waals surface area (Å²) in [5, 5.41) is 0. The average Bonchev–Trinajstić information content (AvgIpc) is 2.35. The van der Waals surface area contributed by atoms with E-state index in [0.29, 0.717) is 0 Å². The van der Waals surface area contributed by atoms with Crippen molar-refractivity contribution in [3.8, 4) is 0 Å². The van der Waals surface area contributed by atoms with Gasteiger partial charge in [-0.05, 0) is 12.1 Å². The van der Waals surface area contributed by atoms with Gasteiger partial charge in [0.25, 0.3) is 0 Å². The molecular formula is C7H11N3O. The number of rotatable bonds is 3. The van der Waals surface area contributed by atoms with Crippen LogP contribution in [0.4, 0.5) is 0 Å². The lowest BCUT2D eigenvalue weighted by Gasteiger charge is -2.05. The van der Waals surface area contributed by atoms with Gasteiger partial charge in [0, 0.05) is 18.3 Å². The molecule has 1 heterocycles. The van der Waals surface area contributed by atoms with E-state index >= 15 is 0 Å². The number of amides is 1. The minimum absolute atomic E-state index is 0.181. The SMILES string of the molecule is NC(=O)CC(N)c1ccc[nH]1. The van der Waals surface area contributed by atoms with Crippen LogP contribution < -0.4 is 11.5 Å². The van der Waals surface area contributed by atoms with E-state index in [1.807, 2.05) is 12.1 Å². The first-order valence-corrected chi connectivity index (χ1v) is 3.37. The molecule has 1 unspecified atom stereocenters. The van der Waals surface area contributed by atoms with E-state index in [9.17, 15) is 4.79 Å². The molecule has 0 aliphatic rings. The van der Waals surface area contributed by atoms with Gasteiger partial charge in [0.2, 0.25) is 5.91 Å². The van der Waals surface area contributed by atoms with Gasteiger partial charge in [-0.15, -0.1) is 0 Å². The van der Waals surface area contributed by atoms with Crippen LogP contribution >= 0.6 is 0 Å². The Labute approximate surface area is 64.6 Å². The van der Waals surface area contributed by atoms with Crippen molar-refractivity contribution in [2.75, 3.05) is 0 Å². The number of nitrogens with one attached hydrogen (secondary N) is 1. The van der Waals surface area contributed by atoms with Crippen LogP contribution in [0.25, 0.3) is 0 Å². The van der Waals surface area contributed by atoms with Crippen LogP contribution in [-0.2, 0) is 4.79 Å². The van der Waals surface area contributed by atoms with E-state index in [0.717, 1.165) is 5.69 Å². The fraction of sp³-hybridized carbons (Fsp3) is 0.286. The zero-order valence-corrected chi connectivity index (χ0v) is 6.08. The van der Waals surface area contributed by atoms with Crippen LogP contribution in [0.2, 0.25) is 0 Å². The molecule has 0 aliphatic heterocycles. The van der Waals surface area contributed by atoms with E-state index in [4.69, 9.17) is 11.5 Å². The monoisotopic (exact) mass is 153 g/mol. The minimum Gasteiger partial charge on any atom is -0.370 e. The van der Waals surface area contributed by atoms with Gasteiger partial charge in [-0.1, -0.05) is 0 Å². The van der Waals surface area contributed by atoms with Crippen LogP contribution in [0.15, 0.2) is 18.3 Å². The maximum atomic E-state index is 10.4. The van der Waals surface area contributed by atoms with Gasteiger partial charge in [0.05, 0.1) is 6.04 Å². The largest absolute Gasteiger partial charge is 0.370 e. The maximum absolute atomic E-state index is 10.4. The van der Waals surface area contributed by atoms with E-state index in [1.54, 1.807) is 6.20 Å². The van der Waals surface area contributed by atoms with E-state index in [-0.39, 0.29) is 18.4 Å². The molecule has 1 aromatic rings. The normalized spacial score (nSPS) is 12.8. The van der Waals surface area contributed by atoms with E-state index in [1.165, 1.54) is 0 Å². The van der Waals surface area contributed by atoms with Gasteiger partial charge in [0.1, 0.15) is 0 Å². The standard InChI is InChI=1S/C7H11N3O/c8-5(4-7(9)11)6-2-1-3-10-6/h1-3,5,10H,4,8H2,(H2,9,11). The number of carbonyl (C=O) groups is 1. The summed E-state index contributed by atoms with van der Waals surface area (Å²) in [7, 11) is 0. The van der Waals surface area contributed by atoms with Crippen molar-refractivity contribution in [2.24, 2.45) is 11.5 Å². The van der Waals surface area contributed by atoms with Gasteiger partial charge < -0.3 is 16.5 Å². The van der Waals surface area contributed by atoms with Crippen LogP contribution in [0.3, 0.4) is 0 Å². The Balaban J connectivity index is 2.56. The third-order valence-electron chi connectivity index (χ3n) is 1.44. The Morgan fingerprint density at radius 3 is 2.91 bits per heavy atom. The lowest BCUT2D eigenvalue weighted by atomic mass is 10.1. The van der Waals surface area contributed by atoms with Crippen LogP contribution in [-0.4, -0.2) is 10.9 Å². The number of nitrogens with two attached hydrogens (primary N) is 2. The summed E-state index contributed by atoms with van der Waals surface area (Å²) < 4.78 is 0. The van der Waals surface area contributed by atoms with Crippen molar-refractivity contribution in [3.05, 3.63) is 24.0 Å². The third kappa shape index (κ3) is 2.09. The van der Waals surface area contributed by atoms with Crippen LogP contribution in [0, 0.1) is 0 Å². The molecule has 0 saturated carbocycles. The van der Waals surface area contributed by atoms with Crippen molar-refractivity contribution >= 4 is 5.91 Å². The smallest absolute Gasteiger partial charge is 0.219 e. The molecule has 60 valence electrons. The van der Waals surface area contributed by atoms with Gasteiger partial charge >= 0.3 is 0 Å². The molecule has 0 aliphatic carbocycles. The molecular weight excluding hydrogens is 142 g/mol. The molecule has 0 saturated heterocycles. The lowest BCUT2D eigenvalue weighted by Crippen LogP contribution is -2.20. The molecule has 1 rings (SSSR count). The van der Waals surface area contributed by atoms with Crippen LogP contribution in [0.1, 0.15) is 18.2 Å². The van der Waals surface area contributed by atoms with Crippen molar-refractivity contribution in [1.29, 1.82) is 0 Å². The predicted molar refractivity (Wildman–Crippen MR) is 41.5 cm³/mol. The van der Waals surface area contributed by atoms with Gasteiger partial charge in [0.15, 0.2) is 0 Å². The topological polar surface area (TPSA) is 84.9 Å². The summed E-state index contributed by atoms with van der Waals surface area (Å²) in [5.41, 5.74) is 11.4.